The zero-order chi connectivity index (χ0) is 19.2. The summed E-state index contributed by atoms with van der Waals surface area (Å²) in [6.45, 7) is 0. The Labute approximate surface area is 166 Å². The predicted molar refractivity (Wildman–Crippen MR) is 111 cm³/mol. The van der Waals surface area contributed by atoms with Crippen LogP contribution in [-0.4, -0.2) is 21.6 Å². The number of nitrogens with zero attached hydrogens (tertiary/aromatic N) is 2. The summed E-state index contributed by atoms with van der Waals surface area (Å²) < 4.78 is 6.01. The second kappa shape index (κ2) is 8.54. The molecule has 0 bridgehead atoms. The van der Waals surface area contributed by atoms with Crippen LogP contribution in [-0.2, 0) is 4.79 Å². The van der Waals surface area contributed by atoms with Gasteiger partial charge in [0.25, 0.3) is 5.22 Å². The van der Waals surface area contributed by atoms with Gasteiger partial charge in [-0.05, 0) is 12.1 Å². The summed E-state index contributed by atoms with van der Waals surface area (Å²) in [6, 6.07) is 25.1. The first kappa shape index (κ1) is 18.0. The first-order chi connectivity index (χ1) is 13.8. The highest BCUT2D eigenvalue weighted by Crippen LogP contribution is 2.35. The first-order valence-corrected chi connectivity index (χ1v) is 9.73. The number of anilines is 1. The van der Waals surface area contributed by atoms with E-state index < -0.39 is 0 Å². The van der Waals surface area contributed by atoms with Crippen LogP contribution in [0.25, 0.3) is 22.6 Å². The van der Waals surface area contributed by atoms with Gasteiger partial charge in [-0.15, -0.1) is 0 Å². The average molecular weight is 387 g/mol. The SMILES string of the molecule is O=C(CSc1nc(-c2ccccc2)c(-c2ccccc2)o1)Nc1ccccn1. The van der Waals surface area contributed by atoms with Gasteiger partial charge in [0.15, 0.2) is 5.76 Å². The minimum absolute atomic E-state index is 0.163. The molecule has 0 atom stereocenters. The lowest BCUT2D eigenvalue weighted by molar-refractivity contribution is -0.113. The smallest absolute Gasteiger partial charge is 0.257 e. The van der Waals surface area contributed by atoms with Crippen molar-refractivity contribution in [2.45, 2.75) is 5.22 Å². The van der Waals surface area contributed by atoms with Gasteiger partial charge in [-0.25, -0.2) is 9.97 Å². The van der Waals surface area contributed by atoms with Gasteiger partial charge < -0.3 is 9.73 Å². The Morgan fingerprint density at radius 1 is 0.893 bits per heavy atom. The minimum atomic E-state index is -0.163. The van der Waals surface area contributed by atoms with Crippen LogP contribution in [0.15, 0.2) is 94.7 Å². The normalized spacial score (nSPS) is 10.6. The lowest BCUT2D eigenvalue weighted by Gasteiger charge is -2.02. The molecule has 2 aromatic heterocycles. The fourth-order valence-corrected chi connectivity index (χ4v) is 3.31. The van der Waals surface area contributed by atoms with Crippen LogP contribution < -0.4 is 5.32 Å². The van der Waals surface area contributed by atoms with Crippen molar-refractivity contribution in [3.63, 3.8) is 0 Å². The second-order valence-corrected chi connectivity index (χ2v) is 6.87. The number of nitrogens with one attached hydrogen (secondary N) is 1. The maximum atomic E-state index is 12.2. The van der Waals surface area contributed by atoms with Gasteiger partial charge in [-0.3, -0.25) is 4.79 Å². The van der Waals surface area contributed by atoms with Crippen molar-refractivity contribution in [1.29, 1.82) is 0 Å². The quantitative estimate of drug-likeness (QED) is 0.464. The predicted octanol–water partition coefficient (Wildman–Crippen LogP) is 5.13. The highest BCUT2D eigenvalue weighted by Gasteiger charge is 2.18. The molecule has 2 aromatic carbocycles. The third-order valence-corrected chi connectivity index (χ3v) is 4.78. The number of rotatable bonds is 6. The van der Waals surface area contributed by atoms with E-state index in [1.54, 1.807) is 18.3 Å². The molecule has 0 unspecified atom stereocenters. The van der Waals surface area contributed by atoms with Gasteiger partial charge in [0.1, 0.15) is 11.5 Å². The molecule has 28 heavy (non-hydrogen) atoms. The first-order valence-electron chi connectivity index (χ1n) is 8.75. The van der Waals surface area contributed by atoms with Crippen LogP contribution in [0.2, 0.25) is 0 Å². The van der Waals surface area contributed by atoms with Gasteiger partial charge >= 0.3 is 0 Å². The Bertz CT molecular complexity index is 994. The van der Waals surface area contributed by atoms with Crippen LogP contribution in [0.4, 0.5) is 5.82 Å². The van der Waals surface area contributed by atoms with E-state index in [0.717, 1.165) is 16.8 Å². The Hall–Kier alpha value is -3.38. The van der Waals surface area contributed by atoms with Gasteiger partial charge in [0, 0.05) is 17.3 Å². The van der Waals surface area contributed by atoms with E-state index in [4.69, 9.17) is 4.42 Å². The molecular weight excluding hydrogens is 370 g/mol. The Morgan fingerprint density at radius 2 is 1.57 bits per heavy atom. The van der Waals surface area contributed by atoms with Crippen molar-refractivity contribution in [2.75, 3.05) is 11.1 Å². The van der Waals surface area contributed by atoms with Crippen molar-refractivity contribution in [2.24, 2.45) is 0 Å². The number of carbonyl (C=O) groups is 1. The summed E-state index contributed by atoms with van der Waals surface area (Å²) in [5.74, 6) is 1.24. The van der Waals surface area contributed by atoms with Gasteiger partial charge in [-0.1, -0.05) is 78.5 Å². The molecule has 1 N–H and O–H groups in total. The Kier molecular flexibility index (Phi) is 5.49. The molecule has 1 amide bonds. The lowest BCUT2D eigenvalue weighted by Crippen LogP contribution is -2.14. The van der Waals surface area contributed by atoms with Crippen LogP contribution in [0.5, 0.6) is 0 Å². The van der Waals surface area contributed by atoms with Crippen LogP contribution >= 0.6 is 11.8 Å². The third kappa shape index (κ3) is 4.29. The van der Waals surface area contributed by atoms with Crippen molar-refractivity contribution < 1.29 is 9.21 Å². The topological polar surface area (TPSA) is 68.0 Å². The molecule has 0 saturated heterocycles. The molecule has 0 aliphatic rings. The number of benzene rings is 2. The number of amides is 1. The molecule has 0 aliphatic carbocycles. The zero-order valence-electron chi connectivity index (χ0n) is 14.9. The molecule has 0 aliphatic heterocycles. The van der Waals surface area contributed by atoms with Crippen molar-refractivity contribution in [3.05, 3.63) is 85.1 Å². The number of pyridine rings is 1. The van der Waals surface area contributed by atoms with Crippen molar-refractivity contribution >= 4 is 23.5 Å². The van der Waals surface area contributed by atoms with Gasteiger partial charge in [0.05, 0.1) is 5.75 Å². The van der Waals surface area contributed by atoms with E-state index in [9.17, 15) is 4.79 Å². The van der Waals surface area contributed by atoms with Crippen LogP contribution in [0.3, 0.4) is 0 Å². The maximum Gasteiger partial charge on any atom is 0.257 e. The van der Waals surface area contributed by atoms with Crippen molar-refractivity contribution in [1.82, 2.24) is 9.97 Å². The van der Waals surface area contributed by atoms with Gasteiger partial charge in [0.2, 0.25) is 5.91 Å². The molecule has 5 nitrogen and oxygen atoms in total. The summed E-state index contributed by atoms with van der Waals surface area (Å²) in [4.78, 5) is 20.9. The molecule has 0 fully saturated rings. The molecule has 138 valence electrons. The molecule has 2 heterocycles. The molecule has 4 aromatic rings. The highest BCUT2D eigenvalue weighted by molar-refractivity contribution is 7.99. The Morgan fingerprint density at radius 3 is 2.25 bits per heavy atom. The second-order valence-electron chi connectivity index (χ2n) is 5.94. The van der Waals surface area contributed by atoms with E-state index in [1.807, 2.05) is 66.7 Å². The Balaban J connectivity index is 1.55. The molecule has 0 saturated carbocycles. The standard InChI is InChI=1S/C22H17N3O2S/c26-19(24-18-13-7-8-14-23-18)15-28-22-25-20(16-9-3-1-4-10-16)21(27-22)17-11-5-2-6-12-17/h1-14H,15H2,(H,23,24,26). The summed E-state index contributed by atoms with van der Waals surface area (Å²) in [5.41, 5.74) is 2.67. The number of carbonyl (C=O) groups excluding carboxylic acids is 1. The van der Waals surface area contributed by atoms with Crippen LogP contribution in [0, 0.1) is 0 Å². The van der Waals surface area contributed by atoms with E-state index in [1.165, 1.54) is 11.8 Å². The molecule has 4 rings (SSSR count). The van der Waals surface area contributed by atoms with E-state index in [0.29, 0.717) is 16.8 Å². The lowest BCUT2D eigenvalue weighted by atomic mass is 10.1. The number of oxazole rings is 1. The number of hydrogen-bond donors (Lipinski definition) is 1. The molecule has 0 spiro atoms. The van der Waals surface area contributed by atoms with E-state index in [2.05, 4.69) is 15.3 Å². The maximum absolute atomic E-state index is 12.2. The molecular formula is C22H17N3O2S. The van der Waals surface area contributed by atoms with Gasteiger partial charge in [-0.2, -0.15) is 0 Å². The largest absolute Gasteiger partial charge is 0.431 e. The number of thioether (sulfide) groups is 1. The fourth-order valence-electron chi connectivity index (χ4n) is 2.68. The van der Waals surface area contributed by atoms with E-state index >= 15 is 0 Å². The van der Waals surface area contributed by atoms with Crippen LogP contribution in [0.1, 0.15) is 0 Å². The molecule has 0 radical (unpaired) electrons. The summed E-state index contributed by atoms with van der Waals surface area (Å²) in [7, 11) is 0. The highest BCUT2D eigenvalue weighted by atomic mass is 32.2. The summed E-state index contributed by atoms with van der Waals surface area (Å²) in [5, 5.41) is 3.21. The van der Waals surface area contributed by atoms with Crippen molar-refractivity contribution in [3.8, 4) is 22.6 Å². The minimum Gasteiger partial charge on any atom is -0.431 e. The monoisotopic (exact) mass is 387 g/mol. The number of hydrogen-bond acceptors (Lipinski definition) is 5. The zero-order valence-corrected chi connectivity index (χ0v) is 15.7. The molecule has 6 heteroatoms. The summed E-state index contributed by atoms with van der Waals surface area (Å²) in [6.07, 6.45) is 1.63. The third-order valence-electron chi connectivity index (χ3n) is 3.95. The number of aromatic nitrogens is 2. The van der Waals surface area contributed by atoms with E-state index in [-0.39, 0.29) is 11.7 Å². The average Bonchev–Trinajstić information content (AvgIpc) is 3.19. The fraction of sp³-hybridized carbons (Fsp3) is 0.0455. The summed E-state index contributed by atoms with van der Waals surface area (Å²) >= 11 is 1.25.